The molecule has 0 fully saturated rings. The van der Waals surface area contributed by atoms with Crippen molar-refractivity contribution in [1.29, 1.82) is 0 Å². The number of benzene rings is 5. The van der Waals surface area contributed by atoms with Crippen LogP contribution in [0.2, 0.25) is 0 Å². The standard InChI is InChI=1S/C38H29BrN4O4S/c1-24-16-19-28(20-17-24)48(46,47)42-32-15-9-8-14-29(32)38(45)43-34(25-10-4-2-5-11-25)23-33(41-43)36-35(26-12-6-3-7-13-26)30-22-27(39)18-21-31(30)40-37(36)44/h2-22,34,42H,23H2,1H3,(H,40,44)/t34-/m0/s1. The van der Waals surface area contributed by atoms with Gasteiger partial charge in [-0.3, -0.25) is 14.3 Å². The number of aryl methyl sites for hydroxylation is 1. The van der Waals surface area contributed by atoms with Gasteiger partial charge in [0.25, 0.3) is 21.5 Å². The number of para-hydroxylation sites is 1. The first kappa shape index (κ1) is 31.3. The number of halogens is 1. The molecule has 48 heavy (non-hydrogen) atoms. The molecule has 10 heteroatoms. The fourth-order valence-electron chi connectivity index (χ4n) is 6.03. The lowest BCUT2D eigenvalue weighted by atomic mass is 9.91. The average molecular weight is 718 g/mol. The maximum Gasteiger partial charge on any atom is 0.276 e. The van der Waals surface area contributed by atoms with E-state index in [0.717, 1.165) is 26.5 Å². The number of pyridine rings is 1. The van der Waals surface area contributed by atoms with E-state index in [1.807, 2.05) is 85.8 Å². The minimum absolute atomic E-state index is 0.0783. The number of H-pyrrole nitrogens is 1. The molecule has 0 saturated heterocycles. The highest BCUT2D eigenvalue weighted by Crippen LogP contribution is 2.38. The molecule has 0 saturated carbocycles. The molecule has 6 aromatic rings. The van der Waals surface area contributed by atoms with Crippen LogP contribution in [0.15, 0.2) is 147 Å². The van der Waals surface area contributed by atoms with Gasteiger partial charge < -0.3 is 4.98 Å². The fraction of sp³-hybridized carbons (Fsp3) is 0.0789. The molecule has 0 unspecified atom stereocenters. The number of hydrazone groups is 1. The Morgan fingerprint density at radius 3 is 2.25 bits per heavy atom. The van der Waals surface area contributed by atoms with Gasteiger partial charge in [0.2, 0.25) is 0 Å². The number of nitrogens with one attached hydrogen (secondary N) is 2. The molecule has 5 aromatic carbocycles. The SMILES string of the molecule is Cc1ccc(S(=O)(=O)Nc2ccccc2C(=O)N2N=C(c3c(-c4ccccc4)c4cc(Br)ccc4[nH]c3=O)C[C@H]2c2ccccc2)cc1. The van der Waals surface area contributed by atoms with Gasteiger partial charge in [0.15, 0.2) is 0 Å². The molecule has 1 aromatic heterocycles. The van der Waals surface area contributed by atoms with E-state index in [4.69, 9.17) is 5.10 Å². The summed E-state index contributed by atoms with van der Waals surface area (Å²) in [6, 6.07) is 37.2. The van der Waals surface area contributed by atoms with Gasteiger partial charge >= 0.3 is 0 Å². The average Bonchev–Trinajstić information content (AvgIpc) is 3.54. The fourth-order valence-corrected chi connectivity index (χ4v) is 7.47. The highest BCUT2D eigenvalue weighted by atomic mass is 79.9. The van der Waals surface area contributed by atoms with E-state index in [9.17, 15) is 18.0 Å². The smallest absolute Gasteiger partial charge is 0.276 e. The normalized spacial score (nSPS) is 14.6. The number of sulfonamides is 1. The summed E-state index contributed by atoms with van der Waals surface area (Å²) in [6.45, 7) is 1.87. The molecule has 0 spiro atoms. The van der Waals surface area contributed by atoms with Crippen molar-refractivity contribution >= 4 is 54.2 Å². The second-order valence-electron chi connectivity index (χ2n) is 11.6. The van der Waals surface area contributed by atoms with Crippen LogP contribution >= 0.6 is 15.9 Å². The molecule has 0 aliphatic carbocycles. The molecule has 2 heterocycles. The largest absolute Gasteiger partial charge is 0.321 e. The van der Waals surface area contributed by atoms with Crippen LogP contribution in [0.1, 0.15) is 39.5 Å². The second kappa shape index (κ2) is 12.7. The van der Waals surface area contributed by atoms with Crippen molar-refractivity contribution in [2.75, 3.05) is 4.72 Å². The molecule has 8 nitrogen and oxygen atoms in total. The second-order valence-corrected chi connectivity index (χ2v) is 14.1. The van der Waals surface area contributed by atoms with Gasteiger partial charge in [0, 0.05) is 27.4 Å². The highest BCUT2D eigenvalue weighted by Gasteiger charge is 2.37. The van der Waals surface area contributed by atoms with Gasteiger partial charge in [-0.25, -0.2) is 13.4 Å². The molecule has 238 valence electrons. The van der Waals surface area contributed by atoms with Crippen molar-refractivity contribution in [3.8, 4) is 11.1 Å². The molecular weight excluding hydrogens is 688 g/mol. The first-order chi connectivity index (χ1) is 23.2. The Bertz CT molecular complexity index is 2380. The van der Waals surface area contributed by atoms with Gasteiger partial charge in [-0.05, 0) is 60.5 Å². The Labute approximate surface area is 286 Å². The van der Waals surface area contributed by atoms with Gasteiger partial charge in [-0.2, -0.15) is 5.10 Å². The highest BCUT2D eigenvalue weighted by molar-refractivity contribution is 9.10. The Kier molecular flexibility index (Phi) is 8.28. The number of aromatic amines is 1. The maximum absolute atomic E-state index is 14.5. The molecule has 1 atom stereocenters. The van der Waals surface area contributed by atoms with Crippen LogP contribution in [0.4, 0.5) is 5.69 Å². The summed E-state index contributed by atoms with van der Waals surface area (Å²) in [5, 5.41) is 7.05. The van der Waals surface area contributed by atoms with Gasteiger partial charge in [-0.1, -0.05) is 106 Å². The van der Waals surface area contributed by atoms with Gasteiger partial charge in [0.1, 0.15) is 0 Å². The van der Waals surface area contributed by atoms with Crippen molar-refractivity contribution in [3.63, 3.8) is 0 Å². The van der Waals surface area contributed by atoms with Crippen molar-refractivity contribution in [3.05, 3.63) is 164 Å². The van der Waals surface area contributed by atoms with E-state index in [2.05, 4.69) is 25.6 Å². The monoisotopic (exact) mass is 716 g/mol. The van der Waals surface area contributed by atoms with Crippen LogP contribution in [0.3, 0.4) is 0 Å². The number of carbonyl (C=O) groups is 1. The molecule has 2 N–H and O–H groups in total. The molecule has 0 bridgehead atoms. The third-order valence-electron chi connectivity index (χ3n) is 8.36. The predicted molar refractivity (Wildman–Crippen MR) is 193 cm³/mol. The lowest BCUT2D eigenvalue weighted by Crippen LogP contribution is -2.28. The summed E-state index contributed by atoms with van der Waals surface area (Å²) in [5.74, 6) is -0.512. The lowest BCUT2D eigenvalue weighted by molar-refractivity contribution is 0.0712. The Balaban J connectivity index is 1.37. The molecule has 1 aliphatic heterocycles. The van der Waals surface area contributed by atoms with Crippen LogP contribution < -0.4 is 10.3 Å². The first-order valence-corrected chi connectivity index (χ1v) is 17.5. The van der Waals surface area contributed by atoms with Crippen molar-refractivity contribution in [2.45, 2.75) is 24.3 Å². The zero-order chi connectivity index (χ0) is 33.4. The zero-order valence-corrected chi connectivity index (χ0v) is 28.1. The van der Waals surface area contributed by atoms with E-state index in [-0.39, 0.29) is 28.1 Å². The Morgan fingerprint density at radius 2 is 1.52 bits per heavy atom. The number of nitrogens with zero attached hydrogens (tertiary/aromatic N) is 2. The summed E-state index contributed by atoms with van der Waals surface area (Å²) >= 11 is 3.58. The number of aromatic nitrogens is 1. The Morgan fingerprint density at radius 1 is 0.854 bits per heavy atom. The number of carbonyl (C=O) groups excluding carboxylic acids is 1. The van der Waals surface area contributed by atoms with E-state index in [1.54, 1.807) is 36.4 Å². The minimum atomic E-state index is -4.00. The molecule has 1 amide bonds. The zero-order valence-electron chi connectivity index (χ0n) is 25.7. The van der Waals surface area contributed by atoms with Crippen molar-refractivity contribution in [2.24, 2.45) is 5.10 Å². The van der Waals surface area contributed by atoms with E-state index < -0.39 is 22.0 Å². The van der Waals surface area contributed by atoms with Crippen LogP contribution in [-0.2, 0) is 10.0 Å². The third-order valence-corrected chi connectivity index (χ3v) is 10.2. The van der Waals surface area contributed by atoms with Crippen molar-refractivity contribution < 1.29 is 13.2 Å². The third kappa shape index (κ3) is 5.96. The minimum Gasteiger partial charge on any atom is -0.321 e. The lowest BCUT2D eigenvalue weighted by Gasteiger charge is -2.23. The number of hydrogen-bond donors (Lipinski definition) is 2. The number of rotatable bonds is 7. The number of anilines is 1. The predicted octanol–water partition coefficient (Wildman–Crippen LogP) is 8.06. The van der Waals surface area contributed by atoms with Crippen LogP contribution in [0.25, 0.3) is 22.0 Å². The molecular formula is C38H29BrN4O4S. The van der Waals surface area contributed by atoms with E-state index in [1.165, 1.54) is 17.1 Å². The Hall–Kier alpha value is -5.32. The van der Waals surface area contributed by atoms with E-state index in [0.29, 0.717) is 22.4 Å². The van der Waals surface area contributed by atoms with Crippen molar-refractivity contribution in [1.82, 2.24) is 9.99 Å². The summed E-state index contributed by atoms with van der Waals surface area (Å²) in [6.07, 6.45) is 0.259. The summed E-state index contributed by atoms with van der Waals surface area (Å²) in [7, 11) is -4.00. The van der Waals surface area contributed by atoms with Gasteiger partial charge in [0.05, 0.1) is 33.5 Å². The van der Waals surface area contributed by atoms with Crippen LogP contribution in [0, 0.1) is 6.92 Å². The first-order valence-electron chi connectivity index (χ1n) is 15.3. The molecule has 7 rings (SSSR count). The topological polar surface area (TPSA) is 112 Å². The summed E-state index contributed by atoms with van der Waals surface area (Å²) in [4.78, 5) is 31.5. The van der Waals surface area contributed by atoms with Crippen LogP contribution in [-0.4, -0.2) is 30.0 Å². The summed E-state index contributed by atoms with van der Waals surface area (Å²) < 4.78 is 30.2. The molecule has 1 aliphatic rings. The summed E-state index contributed by atoms with van der Waals surface area (Å²) in [5.41, 5.74) is 4.70. The maximum atomic E-state index is 14.5. The van der Waals surface area contributed by atoms with E-state index >= 15 is 0 Å². The number of hydrogen-bond acceptors (Lipinski definition) is 5. The number of fused-ring (bicyclic) bond motifs is 1. The molecule has 0 radical (unpaired) electrons. The van der Waals surface area contributed by atoms with Gasteiger partial charge in [-0.15, -0.1) is 0 Å². The quantitative estimate of drug-likeness (QED) is 0.174. The van der Waals surface area contributed by atoms with Crippen LogP contribution in [0.5, 0.6) is 0 Å². The number of amides is 1.